The van der Waals surface area contributed by atoms with E-state index in [2.05, 4.69) is 10.6 Å². The number of benzene rings is 2. The lowest BCUT2D eigenvalue weighted by Gasteiger charge is -2.04. The number of hydrogen-bond acceptors (Lipinski definition) is 2. The van der Waals surface area contributed by atoms with Crippen molar-refractivity contribution in [2.75, 3.05) is 10.6 Å². The van der Waals surface area contributed by atoms with Gasteiger partial charge in [0.1, 0.15) is 5.82 Å². The zero-order valence-electron chi connectivity index (χ0n) is 12.3. The van der Waals surface area contributed by atoms with Crippen molar-refractivity contribution >= 4 is 40.9 Å². The van der Waals surface area contributed by atoms with Crippen molar-refractivity contribution in [3.05, 3.63) is 64.9 Å². The maximum atomic E-state index is 12.9. The van der Waals surface area contributed by atoms with Gasteiger partial charge in [-0.15, -0.1) is 0 Å². The molecule has 0 atom stereocenters. The quantitative estimate of drug-likeness (QED) is 0.828. The molecule has 2 amide bonds. The number of rotatable bonds is 4. The van der Waals surface area contributed by atoms with Gasteiger partial charge in [-0.2, -0.15) is 0 Å². The van der Waals surface area contributed by atoms with E-state index in [0.29, 0.717) is 11.4 Å². The molecule has 2 aromatic carbocycles. The van der Waals surface area contributed by atoms with Crippen LogP contribution in [0, 0.1) is 5.82 Å². The summed E-state index contributed by atoms with van der Waals surface area (Å²) in [5.74, 6) is -1.00. The van der Waals surface area contributed by atoms with Gasteiger partial charge in [-0.1, -0.05) is 23.7 Å². The van der Waals surface area contributed by atoms with Gasteiger partial charge in [0.15, 0.2) is 0 Å². The van der Waals surface area contributed by atoms with E-state index < -0.39 is 5.82 Å². The molecule has 6 heteroatoms. The normalized spacial score (nSPS) is 10.6. The highest BCUT2D eigenvalue weighted by Gasteiger charge is 2.04. The average Bonchev–Trinajstić information content (AvgIpc) is 2.49. The Labute approximate surface area is 138 Å². The maximum Gasteiger partial charge on any atom is 0.248 e. The van der Waals surface area contributed by atoms with E-state index in [0.717, 1.165) is 11.6 Å². The third kappa shape index (κ3) is 5.23. The monoisotopic (exact) mass is 332 g/mol. The largest absolute Gasteiger partial charge is 0.326 e. The van der Waals surface area contributed by atoms with Gasteiger partial charge in [0.05, 0.1) is 10.7 Å². The smallest absolute Gasteiger partial charge is 0.248 e. The van der Waals surface area contributed by atoms with E-state index in [4.69, 9.17) is 11.6 Å². The summed E-state index contributed by atoms with van der Waals surface area (Å²) in [4.78, 5) is 22.8. The molecule has 2 N–H and O–H groups in total. The zero-order chi connectivity index (χ0) is 16.8. The summed E-state index contributed by atoms with van der Waals surface area (Å²) >= 11 is 5.84. The lowest BCUT2D eigenvalue weighted by Crippen LogP contribution is -2.08. The molecule has 0 fully saturated rings. The van der Waals surface area contributed by atoms with Crippen LogP contribution >= 0.6 is 11.6 Å². The molecule has 0 aromatic heterocycles. The highest BCUT2D eigenvalue weighted by molar-refractivity contribution is 6.33. The van der Waals surface area contributed by atoms with Crippen LogP contribution in [0.4, 0.5) is 15.8 Å². The molecule has 0 radical (unpaired) electrons. The Morgan fingerprint density at radius 2 is 1.78 bits per heavy atom. The molecule has 2 rings (SSSR count). The number of carbonyl (C=O) groups is 2. The Bertz CT molecular complexity index is 758. The number of hydrogen-bond donors (Lipinski definition) is 2. The Kier molecular flexibility index (Phi) is 5.49. The third-order valence-corrected chi connectivity index (χ3v) is 3.16. The van der Waals surface area contributed by atoms with Gasteiger partial charge in [0.25, 0.3) is 0 Å². The van der Waals surface area contributed by atoms with E-state index in [1.54, 1.807) is 30.3 Å². The van der Waals surface area contributed by atoms with Crippen molar-refractivity contribution in [3.8, 4) is 0 Å². The van der Waals surface area contributed by atoms with Crippen LogP contribution in [0.2, 0.25) is 5.02 Å². The van der Waals surface area contributed by atoms with Crippen LogP contribution in [-0.2, 0) is 9.59 Å². The molecule has 0 aliphatic rings. The summed E-state index contributed by atoms with van der Waals surface area (Å²) in [6.45, 7) is 1.43. The number of anilines is 2. The number of halogens is 2. The fourth-order valence-corrected chi connectivity index (χ4v) is 2.03. The van der Waals surface area contributed by atoms with E-state index in [-0.39, 0.29) is 16.8 Å². The van der Waals surface area contributed by atoms with Crippen molar-refractivity contribution < 1.29 is 14.0 Å². The molecule has 23 heavy (non-hydrogen) atoms. The molecule has 0 unspecified atom stereocenters. The lowest BCUT2D eigenvalue weighted by molar-refractivity contribution is -0.114. The summed E-state index contributed by atoms with van der Waals surface area (Å²) < 4.78 is 12.9. The second kappa shape index (κ2) is 7.56. The second-order valence-corrected chi connectivity index (χ2v) is 5.16. The number of nitrogens with one attached hydrogen (secondary N) is 2. The molecule has 0 spiro atoms. The van der Waals surface area contributed by atoms with E-state index in [1.807, 2.05) is 0 Å². The summed E-state index contributed by atoms with van der Waals surface area (Å²) in [5, 5.41) is 5.35. The molecule has 0 bridgehead atoms. The molecule has 2 aromatic rings. The Morgan fingerprint density at radius 1 is 1.09 bits per heavy atom. The van der Waals surface area contributed by atoms with Crippen LogP contribution in [0.15, 0.2) is 48.5 Å². The lowest BCUT2D eigenvalue weighted by atomic mass is 10.2. The van der Waals surface area contributed by atoms with Gasteiger partial charge < -0.3 is 10.6 Å². The van der Waals surface area contributed by atoms with Crippen LogP contribution in [0.3, 0.4) is 0 Å². The fourth-order valence-electron chi connectivity index (χ4n) is 1.82. The van der Waals surface area contributed by atoms with Gasteiger partial charge in [0.2, 0.25) is 11.8 Å². The van der Waals surface area contributed by atoms with Crippen LogP contribution in [0.1, 0.15) is 12.5 Å². The van der Waals surface area contributed by atoms with Crippen molar-refractivity contribution in [2.45, 2.75) is 6.92 Å². The Hall–Kier alpha value is -2.66. The van der Waals surface area contributed by atoms with Gasteiger partial charge >= 0.3 is 0 Å². The fraction of sp³-hybridized carbons (Fsp3) is 0.0588. The molecule has 0 saturated heterocycles. The van der Waals surface area contributed by atoms with Crippen molar-refractivity contribution in [1.29, 1.82) is 0 Å². The topological polar surface area (TPSA) is 58.2 Å². The van der Waals surface area contributed by atoms with Crippen LogP contribution < -0.4 is 10.6 Å². The average molecular weight is 333 g/mol. The highest BCUT2D eigenvalue weighted by Crippen LogP contribution is 2.22. The molecule has 0 saturated carbocycles. The molecule has 0 heterocycles. The predicted molar refractivity (Wildman–Crippen MR) is 89.8 cm³/mol. The minimum absolute atomic E-state index is 0.131. The van der Waals surface area contributed by atoms with Crippen molar-refractivity contribution in [2.24, 2.45) is 0 Å². The van der Waals surface area contributed by atoms with Gasteiger partial charge in [-0.25, -0.2) is 4.39 Å². The van der Waals surface area contributed by atoms with Gasteiger partial charge in [-0.3, -0.25) is 9.59 Å². The first-order valence-electron chi connectivity index (χ1n) is 6.76. The zero-order valence-corrected chi connectivity index (χ0v) is 13.0. The van der Waals surface area contributed by atoms with Gasteiger partial charge in [0, 0.05) is 18.7 Å². The Morgan fingerprint density at radius 3 is 2.39 bits per heavy atom. The van der Waals surface area contributed by atoms with Crippen LogP contribution in [0.25, 0.3) is 6.08 Å². The minimum Gasteiger partial charge on any atom is -0.326 e. The summed E-state index contributed by atoms with van der Waals surface area (Å²) in [6.07, 6.45) is 2.96. The standard InChI is InChI=1S/C17H14ClFN2O2/c1-11(22)20-14-6-2-12(3-7-14)4-9-17(23)21-16-8-5-13(19)10-15(16)18/h2-10H,1H3,(H,20,22)(H,21,23)/b9-4+. The van der Waals surface area contributed by atoms with E-state index >= 15 is 0 Å². The summed E-state index contributed by atoms with van der Waals surface area (Å²) in [5.41, 5.74) is 1.81. The number of carbonyl (C=O) groups excluding carboxylic acids is 2. The van der Waals surface area contributed by atoms with E-state index in [9.17, 15) is 14.0 Å². The maximum absolute atomic E-state index is 12.9. The molecule has 0 aliphatic carbocycles. The molecular weight excluding hydrogens is 319 g/mol. The second-order valence-electron chi connectivity index (χ2n) is 4.75. The molecular formula is C17H14ClFN2O2. The molecule has 4 nitrogen and oxygen atoms in total. The SMILES string of the molecule is CC(=O)Nc1ccc(/C=C/C(=O)Nc2ccc(F)cc2Cl)cc1. The summed E-state index contributed by atoms with van der Waals surface area (Å²) in [7, 11) is 0. The van der Waals surface area contributed by atoms with Crippen LogP contribution in [-0.4, -0.2) is 11.8 Å². The first kappa shape index (κ1) is 16.7. The first-order chi connectivity index (χ1) is 10.9. The predicted octanol–water partition coefficient (Wildman–Crippen LogP) is 4.09. The molecule has 0 aliphatic heterocycles. The Balaban J connectivity index is 1.99. The summed E-state index contributed by atoms with van der Waals surface area (Å²) in [6, 6.07) is 10.7. The van der Waals surface area contributed by atoms with Crippen LogP contribution in [0.5, 0.6) is 0 Å². The molecule has 118 valence electrons. The third-order valence-electron chi connectivity index (χ3n) is 2.85. The van der Waals surface area contributed by atoms with Gasteiger partial charge in [-0.05, 0) is 42.0 Å². The van der Waals surface area contributed by atoms with Crippen molar-refractivity contribution in [3.63, 3.8) is 0 Å². The number of amides is 2. The van der Waals surface area contributed by atoms with E-state index in [1.165, 1.54) is 25.1 Å². The first-order valence-corrected chi connectivity index (χ1v) is 7.13. The van der Waals surface area contributed by atoms with Crippen molar-refractivity contribution in [1.82, 2.24) is 0 Å². The highest BCUT2D eigenvalue weighted by atomic mass is 35.5. The minimum atomic E-state index is -0.470.